The number of aromatic nitrogens is 6. The maximum atomic E-state index is 13.3. The van der Waals surface area contributed by atoms with Gasteiger partial charge >= 0.3 is 12.4 Å². The molecule has 0 fully saturated rings. The van der Waals surface area contributed by atoms with Gasteiger partial charge in [-0.3, -0.25) is 0 Å². The first-order chi connectivity index (χ1) is 14.4. The van der Waals surface area contributed by atoms with Crippen LogP contribution in [-0.4, -0.2) is 34.8 Å². The van der Waals surface area contributed by atoms with Crippen molar-refractivity contribution in [1.82, 2.24) is 29.1 Å². The summed E-state index contributed by atoms with van der Waals surface area (Å²) in [5, 5.41) is 0. The third-order valence-electron chi connectivity index (χ3n) is 4.64. The number of pyridine rings is 2. The lowest BCUT2D eigenvalue weighted by molar-refractivity contribution is -0.146. The van der Waals surface area contributed by atoms with E-state index in [1.807, 2.05) is 6.92 Å². The minimum atomic E-state index is -4.66. The van der Waals surface area contributed by atoms with Gasteiger partial charge in [0.05, 0.1) is 11.1 Å². The Bertz CT molecular complexity index is 1300. The first-order valence-corrected chi connectivity index (χ1v) is 9.88. The van der Waals surface area contributed by atoms with Crippen molar-refractivity contribution in [2.45, 2.75) is 24.2 Å². The van der Waals surface area contributed by atoms with Gasteiger partial charge in [-0.25, -0.2) is 19.9 Å². The van der Waals surface area contributed by atoms with Crippen LogP contribution in [0, 0.1) is 0 Å². The van der Waals surface area contributed by atoms with Gasteiger partial charge in [0.1, 0.15) is 11.2 Å². The lowest BCUT2D eigenvalue weighted by Crippen LogP contribution is -2.12. The van der Waals surface area contributed by atoms with Crippen LogP contribution in [0.25, 0.3) is 33.8 Å². The van der Waals surface area contributed by atoms with Gasteiger partial charge in [-0.05, 0) is 17.9 Å². The summed E-state index contributed by atoms with van der Waals surface area (Å²) >= 11 is 1.32. The van der Waals surface area contributed by atoms with Gasteiger partial charge in [0, 0.05) is 25.2 Å². The number of imidazole rings is 2. The molecule has 13 heteroatoms. The predicted molar refractivity (Wildman–Crippen MR) is 102 cm³/mol. The lowest BCUT2D eigenvalue weighted by Gasteiger charge is -2.09. The number of fused-ring (bicyclic) bond motifs is 2. The van der Waals surface area contributed by atoms with E-state index in [0.29, 0.717) is 16.8 Å². The van der Waals surface area contributed by atoms with Gasteiger partial charge in [-0.1, -0.05) is 6.92 Å². The molecule has 0 atom stereocenters. The van der Waals surface area contributed by atoms with Gasteiger partial charge in [-0.15, -0.1) is 11.8 Å². The molecule has 0 unspecified atom stereocenters. The molecule has 4 aromatic rings. The molecule has 0 aliphatic rings. The van der Waals surface area contributed by atoms with Crippen molar-refractivity contribution in [1.29, 1.82) is 0 Å². The van der Waals surface area contributed by atoms with E-state index < -0.39 is 23.7 Å². The van der Waals surface area contributed by atoms with Crippen LogP contribution in [0.2, 0.25) is 0 Å². The smallest absolute Gasteiger partial charge is 0.322 e. The molecule has 4 rings (SSSR count). The zero-order valence-corrected chi connectivity index (χ0v) is 17.1. The topological polar surface area (TPSA) is 61.4 Å². The minimum absolute atomic E-state index is 0.00123. The van der Waals surface area contributed by atoms with Crippen molar-refractivity contribution in [2.24, 2.45) is 14.1 Å². The molecular formula is C18H14F6N6S. The van der Waals surface area contributed by atoms with Gasteiger partial charge in [-0.2, -0.15) is 26.3 Å². The fraction of sp³-hybridized carbons (Fsp3) is 0.333. The number of alkyl halides is 6. The summed E-state index contributed by atoms with van der Waals surface area (Å²) in [4.78, 5) is 16.6. The molecule has 0 radical (unpaired) electrons. The van der Waals surface area contributed by atoms with Gasteiger partial charge < -0.3 is 9.13 Å². The molecule has 0 saturated carbocycles. The highest BCUT2D eigenvalue weighted by Crippen LogP contribution is 2.37. The summed E-state index contributed by atoms with van der Waals surface area (Å²) in [6.45, 7) is 1.86. The molecule has 0 aliphatic carbocycles. The summed E-state index contributed by atoms with van der Waals surface area (Å²) in [7, 11) is 2.80. The Kier molecular flexibility index (Phi) is 4.91. The van der Waals surface area contributed by atoms with Crippen molar-refractivity contribution in [3.8, 4) is 11.5 Å². The zero-order chi connectivity index (χ0) is 22.7. The van der Waals surface area contributed by atoms with E-state index in [4.69, 9.17) is 0 Å². The van der Waals surface area contributed by atoms with Crippen LogP contribution in [0.1, 0.15) is 18.3 Å². The number of rotatable bonds is 3. The normalized spacial score (nSPS) is 12.9. The van der Waals surface area contributed by atoms with E-state index in [-0.39, 0.29) is 33.8 Å². The minimum Gasteiger partial charge on any atom is -0.322 e. The van der Waals surface area contributed by atoms with E-state index in [0.717, 1.165) is 10.6 Å². The van der Waals surface area contributed by atoms with Crippen LogP contribution in [0.15, 0.2) is 23.2 Å². The second-order valence-corrected chi connectivity index (χ2v) is 7.97. The number of aryl methyl sites for hydroxylation is 2. The van der Waals surface area contributed by atoms with E-state index in [1.165, 1.54) is 29.4 Å². The molecule has 4 aromatic heterocycles. The Morgan fingerprint density at radius 3 is 2.26 bits per heavy atom. The summed E-state index contributed by atoms with van der Waals surface area (Å²) in [5.41, 5.74) is -0.492. The Labute approximate surface area is 175 Å². The number of hydrogen-bond donors (Lipinski definition) is 0. The highest BCUT2D eigenvalue weighted by Gasteiger charge is 2.37. The van der Waals surface area contributed by atoms with Crippen LogP contribution in [-0.2, 0) is 26.4 Å². The first kappa shape index (κ1) is 21.4. The quantitative estimate of drug-likeness (QED) is 0.316. The highest BCUT2D eigenvalue weighted by molar-refractivity contribution is 7.99. The molecular weight excluding hydrogens is 446 g/mol. The molecule has 31 heavy (non-hydrogen) atoms. The van der Waals surface area contributed by atoms with Crippen LogP contribution in [0.5, 0.6) is 0 Å². The number of hydrogen-bond acceptors (Lipinski definition) is 5. The van der Waals surface area contributed by atoms with Gasteiger partial charge in [0.2, 0.25) is 5.82 Å². The van der Waals surface area contributed by atoms with Crippen molar-refractivity contribution in [3.63, 3.8) is 0 Å². The largest absolute Gasteiger partial charge is 0.449 e. The standard InChI is InChI=1S/C18H14F6N6S/c1-4-31-11-6-10-13(28-16(29(10)2)18(22,23)24)27-12(11)15-26-9-5-8(17(19,20)21)7-25-14(9)30(15)3/h5-7H,4H2,1-3H3. The second-order valence-electron chi connectivity index (χ2n) is 6.66. The van der Waals surface area contributed by atoms with Crippen molar-refractivity contribution in [2.75, 3.05) is 5.75 Å². The Morgan fingerprint density at radius 2 is 1.65 bits per heavy atom. The predicted octanol–water partition coefficient (Wildman–Crippen LogP) is 5.07. The molecule has 0 bridgehead atoms. The van der Waals surface area contributed by atoms with E-state index in [2.05, 4.69) is 19.9 Å². The number of nitrogens with zero attached hydrogens (tertiary/aromatic N) is 6. The molecule has 6 nitrogen and oxygen atoms in total. The van der Waals surface area contributed by atoms with E-state index in [9.17, 15) is 26.3 Å². The van der Waals surface area contributed by atoms with Crippen LogP contribution < -0.4 is 0 Å². The molecule has 164 valence electrons. The average Bonchev–Trinajstić information content (AvgIpc) is 3.18. The van der Waals surface area contributed by atoms with Crippen molar-refractivity contribution in [3.05, 3.63) is 29.7 Å². The number of thioether (sulfide) groups is 1. The number of halogens is 6. The fourth-order valence-electron chi connectivity index (χ4n) is 3.22. The van der Waals surface area contributed by atoms with Gasteiger partial charge in [0.15, 0.2) is 17.1 Å². The third kappa shape index (κ3) is 3.60. The molecule has 0 aromatic carbocycles. The monoisotopic (exact) mass is 460 g/mol. The van der Waals surface area contributed by atoms with Gasteiger partial charge in [0.25, 0.3) is 0 Å². The van der Waals surface area contributed by atoms with E-state index in [1.54, 1.807) is 7.05 Å². The third-order valence-corrected chi connectivity index (χ3v) is 5.55. The molecule has 0 N–H and O–H groups in total. The van der Waals surface area contributed by atoms with Crippen LogP contribution >= 0.6 is 11.8 Å². The van der Waals surface area contributed by atoms with E-state index >= 15 is 0 Å². The second kappa shape index (κ2) is 7.11. The summed E-state index contributed by atoms with van der Waals surface area (Å²) in [6.07, 6.45) is -8.54. The summed E-state index contributed by atoms with van der Waals surface area (Å²) < 4.78 is 81.2. The molecule has 0 saturated heterocycles. The highest BCUT2D eigenvalue weighted by atomic mass is 32.2. The molecule has 0 amide bonds. The maximum Gasteiger partial charge on any atom is 0.449 e. The Balaban J connectivity index is 1.97. The van der Waals surface area contributed by atoms with Crippen LogP contribution in [0.4, 0.5) is 26.3 Å². The zero-order valence-electron chi connectivity index (χ0n) is 16.3. The average molecular weight is 460 g/mol. The summed E-state index contributed by atoms with van der Waals surface area (Å²) in [5.74, 6) is -0.329. The SMILES string of the molecule is CCSc1cc2c(nc1-c1nc3cc(C(F)(F)F)cnc3n1C)nc(C(F)(F)F)n2C. The van der Waals surface area contributed by atoms with Crippen molar-refractivity contribution >= 4 is 34.1 Å². The Morgan fingerprint density at radius 1 is 0.935 bits per heavy atom. The Hall–Kier alpha value is -2.83. The fourth-order valence-corrected chi connectivity index (χ4v) is 4.00. The molecule has 4 heterocycles. The molecule has 0 aliphatic heterocycles. The summed E-state index contributed by atoms with van der Waals surface area (Å²) in [6, 6.07) is 2.40. The van der Waals surface area contributed by atoms with Crippen LogP contribution in [0.3, 0.4) is 0 Å². The maximum absolute atomic E-state index is 13.3. The molecule has 0 spiro atoms. The first-order valence-electron chi connectivity index (χ1n) is 8.89. The lowest BCUT2D eigenvalue weighted by atomic mass is 10.2. The van der Waals surface area contributed by atoms with Crippen molar-refractivity contribution < 1.29 is 26.3 Å².